The maximum atomic E-state index is 11.7. The Kier molecular flexibility index (Phi) is 3.60. The summed E-state index contributed by atoms with van der Waals surface area (Å²) in [6.07, 6.45) is 1.73. The van der Waals surface area contributed by atoms with Gasteiger partial charge in [-0.1, -0.05) is 0 Å². The molecule has 1 aromatic heterocycles. The molecule has 3 heterocycles. The number of rotatable bonds is 3. The fraction of sp³-hybridized carbons (Fsp3) is 0.643. The minimum absolute atomic E-state index is 0.109. The summed E-state index contributed by atoms with van der Waals surface area (Å²) in [5, 5.41) is 4.31. The van der Waals surface area contributed by atoms with Crippen LogP contribution >= 0.6 is 11.3 Å². The summed E-state index contributed by atoms with van der Waals surface area (Å²) in [6, 6.07) is 2.97. The lowest BCUT2D eigenvalue weighted by Crippen LogP contribution is -2.54. The Morgan fingerprint density at radius 2 is 2.32 bits per heavy atom. The van der Waals surface area contributed by atoms with Crippen LogP contribution in [0.25, 0.3) is 0 Å². The second kappa shape index (κ2) is 5.23. The average molecular weight is 279 g/mol. The van der Waals surface area contributed by atoms with Crippen LogP contribution in [0.5, 0.6) is 0 Å². The third-order valence-electron chi connectivity index (χ3n) is 4.30. The van der Waals surface area contributed by atoms with Crippen molar-refractivity contribution in [1.82, 2.24) is 9.80 Å². The normalized spacial score (nSPS) is 27.4. The van der Waals surface area contributed by atoms with Crippen molar-refractivity contribution in [2.75, 3.05) is 19.6 Å². The minimum atomic E-state index is 0.109. The van der Waals surface area contributed by atoms with Gasteiger partial charge in [-0.15, -0.1) is 0 Å². The van der Waals surface area contributed by atoms with E-state index in [2.05, 4.69) is 33.6 Å². The summed E-state index contributed by atoms with van der Waals surface area (Å²) in [5.74, 6) is 0.331. The molecule has 1 aromatic rings. The smallest absolute Gasteiger partial charge is 0.222 e. The lowest BCUT2D eigenvalue weighted by Gasteiger charge is -2.42. The van der Waals surface area contributed by atoms with E-state index in [4.69, 9.17) is 5.73 Å². The van der Waals surface area contributed by atoms with Gasteiger partial charge in [0.15, 0.2) is 0 Å². The van der Waals surface area contributed by atoms with Crippen molar-refractivity contribution in [3.8, 4) is 0 Å². The zero-order chi connectivity index (χ0) is 13.4. The molecule has 0 saturated carbocycles. The highest BCUT2D eigenvalue weighted by atomic mass is 32.1. The Morgan fingerprint density at radius 1 is 1.47 bits per heavy atom. The lowest BCUT2D eigenvalue weighted by molar-refractivity contribution is -0.131. The van der Waals surface area contributed by atoms with Gasteiger partial charge in [-0.3, -0.25) is 9.69 Å². The van der Waals surface area contributed by atoms with E-state index < -0.39 is 0 Å². The van der Waals surface area contributed by atoms with Crippen LogP contribution in [-0.4, -0.2) is 47.4 Å². The molecule has 0 aliphatic carbocycles. The zero-order valence-corrected chi connectivity index (χ0v) is 12.1. The van der Waals surface area contributed by atoms with Crippen LogP contribution < -0.4 is 5.73 Å². The number of carbonyl (C=O) groups is 1. The maximum absolute atomic E-state index is 11.7. The van der Waals surface area contributed by atoms with Crippen LogP contribution in [0.15, 0.2) is 16.8 Å². The molecule has 3 atom stereocenters. The molecule has 1 amide bonds. The number of nitrogens with zero attached hydrogens (tertiary/aromatic N) is 2. The molecule has 104 valence electrons. The summed E-state index contributed by atoms with van der Waals surface area (Å²) >= 11 is 1.72. The van der Waals surface area contributed by atoms with Crippen molar-refractivity contribution in [2.24, 2.45) is 5.73 Å². The third-order valence-corrected chi connectivity index (χ3v) is 5.00. The molecule has 2 aliphatic heterocycles. The van der Waals surface area contributed by atoms with Gasteiger partial charge in [0.25, 0.3) is 0 Å². The number of amides is 1. The molecule has 0 radical (unpaired) electrons. The van der Waals surface area contributed by atoms with E-state index in [0.717, 1.165) is 32.5 Å². The first kappa shape index (κ1) is 13.1. The molecule has 0 aromatic carbocycles. The Labute approximate surface area is 118 Å². The molecule has 2 fully saturated rings. The molecule has 19 heavy (non-hydrogen) atoms. The number of nitrogens with two attached hydrogens (primary N) is 1. The first-order chi connectivity index (χ1) is 9.16. The number of thiophene rings is 1. The second-order valence-electron chi connectivity index (χ2n) is 5.64. The summed E-state index contributed by atoms with van der Waals surface area (Å²) in [5.41, 5.74) is 7.52. The Balaban J connectivity index is 1.76. The van der Waals surface area contributed by atoms with E-state index in [1.54, 1.807) is 11.3 Å². The predicted octanol–water partition coefficient (Wildman–Crippen LogP) is 1.44. The summed E-state index contributed by atoms with van der Waals surface area (Å²) < 4.78 is 0. The Hall–Kier alpha value is -0.910. The van der Waals surface area contributed by atoms with Gasteiger partial charge in [-0.25, -0.2) is 0 Å². The van der Waals surface area contributed by atoms with Gasteiger partial charge in [0.05, 0.1) is 6.04 Å². The van der Waals surface area contributed by atoms with Gasteiger partial charge in [-0.2, -0.15) is 11.3 Å². The number of hydrogen-bond acceptors (Lipinski definition) is 4. The summed E-state index contributed by atoms with van der Waals surface area (Å²) in [4.78, 5) is 16.3. The van der Waals surface area contributed by atoms with E-state index in [1.165, 1.54) is 5.56 Å². The molecule has 0 bridgehead atoms. The van der Waals surface area contributed by atoms with Crippen molar-refractivity contribution in [3.63, 3.8) is 0 Å². The van der Waals surface area contributed by atoms with Gasteiger partial charge in [0.1, 0.15) is 0 Å². The Bertz CT molecular complexity index is 446. The molecule has 3 rings (SSSR count). The molecule has 2 N–H and O–H groups in total. The third kappa shape index (κ3) is 2.42. The molecule has 4 nitrogen and oxygen atoms in total. The lowest BCUT2D eigenvalue weighted by atomic mass is 10.00. The number of piperazine rings is 1. The summed E-state index contributed by atoms with van der Waals surface area (Å²) in [6.45, 7) is 4.84. The largest absolute Gasteiger partial charge is 0.337 e. The van der Waals surface area contributed by atoms with Crippen LogP contribution in [0.4, 0.5) is 0 Å². The molecule has 0 spiro atoms. The minimum Gasteiger partial charge on any atom is -0.337 e. The molecule has 5 heteroatoms. The predicted molar refractivity (Wildman–Crippen MR) is 77.0 cm³/mol. The second-order valence-corrected chi connectivity index (χ2v) is 6.42. The molecule has 3 unspecified atom stereocenters. The van der Waals surface area contributed by atoms with Gasteiger partial charge < -0.3 is 10.6 Å². The van der Waals surface area contributed by atoms with Crippen molar-refractivity contribution in [1.29, 1.82) is 0 Å². The van der Waals surface area contributed by atoms with Crippen LogP contribution in [0.2, 0.25) is 0 Å². The van der Waals surface area contributed by atoms with Crippen LogP contribution in [0.1, 0.15) is 31.4 Å². The van der Waals surface area contributed by atoms with E-state index in [-0.39, 0.29) is 12.1 Å². The summed E-state index contributed by atoms with van der Waals surface area (Å²) in [7, 11) is 0. The van der Waals surface area contributed by atoms with Crippen LogP contribution in [-0.2, 0) is 4.79 Å². The van der Waals surface area contributed by atoms with Crippen molar-refractivity contribution < 1.29 is 4.79 Å². The maximum Gasteiger partial charge on any atom is 0.222 e. The fourth-order valence-electron chi connectivity index (χ4n) is 3.43. The highest BCUT2D eigenvalue weighted by Gasteiger charge is 2.38. The van der Waals surface area contributed by atoms with Crippen molar-refractivity contribution >= 4 is 17.2 Å². The monoisotopic (exact) mass is 279 g/mol. The van der Waals surface area contributed by atoms with Gasteiger partial charge >= 0.3 is 0 Å². The fourth-order valence-corrected chi connectivity index (χ4v) is 4.12. The Morgan fingerprint density at radius 3 is 3.00 bits per heavy atom. The molecule has 2 saturated heterocycles. The van der Waals surface area contributed by atoms with E-state index in [1.807, 2.05) is 0 Å². The molecular weight excluding hydrogens is 258 g/mol. The van der Waals surface area contributed by atoms with Crippen LogP contribution in [0, 0.1) is 0 Å². The van der Waals surface area contributed by atoms with Gasteiger partial charge in [0.2, 0.25) is 5.91 Å². The quantitative estimate of drug-likeness (QED) is 0.911. The van der Waals surface area contributed by atoms with Gasteiger partial charge in [0, 0.05) is 38.1 Å². The first-order valence-electron chi connectivity index (χ1n) is 6.98. The standard InChI is InChI=1S/C14H21N3OS/c1-10(15)14(11-4-7-19-9-11)16-5-6-17-12(8-16)2-3-13(17)18/h4,7,9-10,12,14H,2-3,5-6,8,15H2,1H3. The van der Waals surface area contributed by atoms with Crippen molar-refractivity contribution in [2.45, 2.75) is 37.9 Å². The topological polar surface area (TPSA) is 49.6 Å². The molecule has 2 aliphatic rings. The zero-order valence-electron chi connectivity index (χ0n) is 11.3. The van der Waals surface area contributed by atoms with Crippen LogP contribution in [0.3, 0.4) is 0 Å². The number of fused-ring (bicyclic) bond motifs is 1. The van der Waals surface area contributed by atoms with Crippen molar-refractivity contribution in [3.05, 3.63) is 22.4 Å². The SMILES string of the molecule is CC(N)C(c1ccsc1)N1CCN2C(=O)CCC2C1. The first-order valence-corrected chi connectivity index (χ1v) is 7.92. The number of carbonyl (C=O) groups excluding carboxylic acids is 1. The highest BCUT2D eigenvalue weighted by molar-refractivity contribution is 7.07. The molecular formula is C14H21N3OS. The number of hydrogen-bond donors (Lipinski definition) is 1. The van der Waals surface area contributed by atoms with E-state index in [0.29, 0.717) is 11.9 Å². The average Bonchev–Trinajstić information content (AvgIpc) is 3.00. The van der Waals surface area contributed by atoms with E-state index in [9.17, 15) is 4.79 Å². The highest BCUT2D eigenvalue weighted by Crippen LogP contribution is 2.31. The van der Waals surface area contributed by atoms with Gasteiger partial charge in [-0.05, 0) is 35.7 Å². The van der Waals surface area contributed by atoms with E-state index >= 15 is 0 Å².